The molecule has 0 fully saturated rings. The van der Waals surface area contributed by atoms with Crippen molar-refractivity contribution in [3.8, 4) is 0 Å². The molecular weight excluding hydrogens is 246 g/mol. The molecule has 2 aromatic rings. The molecule has 0 amide bonds. The second-order valence-corrected chi connectivity index (χ2v) is 4.14. The molecule has 0 saturated carbocycles. The van der Waals surface area contributed by atoms with E-state index in [1.165, 1.54) is 13.4 Å². The number of carbonyl (C=O) groups is 1. The van der Waals surface area contributed by atoms with E-state index in [1.54, 1.807) is 10.7 Å². The van der Waals surface area contributed by atoms with Crippen molar-refractivity contribution in [2.24, 2.45) is 7.05 Å². The average molecular weight is 263 g/mol. The van der Waals surface area contributed by atoms with Crippen LogP contribution in [0.3, 0.4) is 0 Å². The molecule has 0 aliphatic heterocycles. The molecule has 0 spiro atoms. The third kappa shape index (κ3) is 2.78. The molecule has 0 unspecified atom stereocenters. The van der Waals surface area contributed by atoms with Crippen LogP contribution in [-0.4, -0.2) is 22.9 Å². The van der Waals surface area contributed by atoms with E-state index in [-0.39, 0.29) is 5.76 Å². The molecule has 2 rings (SSSR count). The van der Waals surface area contributed by atoms with Gasteiger partial charge < -0.3 is 14.5 Å². The number of anilines is 1. The van der Waals surface area contributed by atoms with E-state index in [0.717, 1.165) is 23.4 Å². The number of methoxy groups -OCH3 is 1. The molecule has 19 heavy (non-hydrogen) atoms. The number of nitrogens with zero attached hydrogens (tertiary/aromatic N) is 2. The summed E-state index contributed by atoms with van der Waals surface area (Å²) in [5.74, 6) is -0.236. The Balaban J connectivity index is 2.10. The minimum absolute atomic E-state index is 0.233. The zero-order valence-corrected chi connectivity index (χ0v) is 11.3. The van der Waals surface area contributed by atoms with Crippen LogP contribution in [0.4, 0.5) is 5.69 Å². The van der Waals surface area contributed by atoms with E-state index in [9.17, 15) is 4.79 Å². The number of furan rings is 1. The largest absolute Gasteiger partial charge is 0.463 e. The Morgan fingerprint density at radius 2 is 2.37 bits per heavy atom. The van der Waals surface area contributed by atoms with E-state index in [4.69, 9.17) is 4.42 Å². The highest BCUT2D eigenvalue weighted by Crippen LogP contribution is 2.17. The maximum Gasteiger partial charge on any atom is 0.374 e. The van der Waals surface area contributed by atoms with Crippen LogP contribution in [-0.2, 0) is 24.8 Å². The first-order chi connectivity index (χ1) is 9.15. The van der Waals surface area contributed by atoms with Gasteiger partial charge >= 0.3 is 5.97 Å². The van der Waals surface area contributed by atoms with Crippen LogP contribution >= 0.6 is 0 Å². The van der Waals surface area contributed by atoms with Crippen molar-refractivity contribution in [3.63, 3.8) is 0 Å². The predicted octanol–water partition coefficient (Wildman–Crippen LogP) is 1.97. The molecule has 0 atom stereocenters. The van der Waals surface area contributed by atoms with Gasteiger partial charge in [-0.25, -0.2) is 4.79 Å². The Morgan fingerprint density at radius 1 is 1.58 bits per heavy atom. The highest BCUT2D eigenvalue weighted by atomic mass is 16.5. The summed E-state index contributed by atoms with van der Waals surface area (Å²) in [7, 11) is 3.21. The van der Waals surface area contributed by atoms with Crippen LogP contribution < -0.4 is 5.32 Å². The van der Waals surface area contributed by atoms with Gasteiger partial charge in [0.2, 0.25) is 5.76 Å². The maximum absolute atomic E-state index is 11.5. The van der Waals surface area contributed by atoms with Gasteiger partial charge in [-0.2, -0.15) is 5.10 Å². The Labute approximate surface area is 111 Å². The summed E-state index contributed by atoms with van der Waals surface area (Å²) in [6, 6.07) is 1.75. The van der Waals surface area contributed by atoms with Crippen molar-refractivity contribution < 1.29 is 13.9 Å². The maximum atomic E-state index is 11.5. The number of rotatable bonds is 5. The molecule has 6 nitrogen and oxygen atoms in total. The van der Waals surface area contributed by atoms with Crippen LogP contribution in [0.15, 0.2) is 22.9 Å². The number of esters is 1. The topological polar surface area (TPSA) is 69.3 Å². The van der Waals surface area contributed by atoms with Crippen LogP contribution in [0.1, 0.15) is 28.7 Å². The first-order valence-corrected chi connectivity index (χ1v) is 6.06. The molecule has 1 N–H and O–H groups in total. The number of ether oxygens (including phenoxy) is 1. The standard InChI is InChI=1S/C13H17N3O3/c1-4-10-11(8-16(2)15-10)14-7-9-5-6-19-12(9)13(17)18-3/h5-6,8,14H,4,7H2,1-3H3. The Bertz CT molecular complexity index is 571. The molecule has 2 heterocycles. The normalized spacial score (nSPS) is 10.5. The van der Waals surface area contributed by atoms with Crippen LogP contribution in [0.25, 0.3) is 0 Å². The smallest absolute Gasteiger partial charge is 0.374 e. The molecule has 6 heteroatoms. The number of hydrogen-bond donors (Lipinski definition) is 1. The fourth-order valence-electron chi connectivity index (χ4n) is 1.88. The van der Waals surface area contributed by atoms with Crippen molar-refractivity contribution in [2.45, 2.75) is 19.9 Å². The molecular formula is C13H17N3O3. The van der Waals surface area contributed by atoms with Crippen LogP contribution in [0.2, 0.25) is 0 Å². The van der Waals surface area contributed by atoms with Crippen molar-refractivity contribution in [1.29, 1.82) is 0 Å². The molecule has 0 radical (unpaired) electrons. The number of carbonyl (C=O) groups excluding carboxylic acids is 1. The zero-order valence-electron chi connectivity index (χ0n) is 11.3. The average Bonchev–Trinajstić information content (AvgIpc) is 3.01. The lowest BCUT2D eigenvalue weighted by Crippen LogP contribution is -2.07. The first kappa shape index (κ1) is 13.2. The summed E-state index contributed by atoms with van der Waals surface area (Å²) >= 11 is 0. The van der Waals surface area contributed by atoms with Crippen LogP contribution in [0, 0.1) is 0 Å². The lowest BCUT2D eigenvalue weighted by Gasteiger charge is -2.05. The predicted molar refractivity (Wildman–Crippen MR) is 70.0 cm³/mol. The Kier molecular flexibility index (Phi) is 3.89. The SMILES string of the molecule is CCc1nn(C)cc1NCc1ccoc1C(=O)OC. The summed E-state index contributed by atoms with van der Waals surface area (Å²) in [5.41, 5.74) is 2.71. The monoisotopic (exact) mass is 263 g/mol. The van der Waals surface area contributed by atoms with Gasteiger partial charge in [0.1, 0.15) is 0 Å². The van der Waals surface area contributed by atoms with Crippen molar-refractivity contribution in [3.05, 3.63) is 35.5 Å². The van der Waals surface area contributed by atoms with Crippen molar-refractivity contribution in [1.82, 2.24) is 9.78 Å². The zero-order chi connectivity index (χ0) is 13.8. The second kappa shape index (κ2) is 5.60. The molecule has 102 valence electrons. The van der Waals surface area contributed by atoms with Crippen molar-refractivity contribution >= 4 is 11.7 Å². The van der Waals surface area contributed by atoms with E-state index in [0.29, 0.717) is 6.54 Å². The van der Waals surface area contributed by atoms with Gasteiger partial charge in [-0.3, -0.25) is 4.68 Å². The molecule has 0 aliphatic carbocycles. The number of hydrogen-bond acceptors (Lipinski definition) is 5. The third-order valence-corrected chi connectivity index (χ3v) is 2.83. The van der Waals surface area contributed by atoms with Gasteiger partial charge in [0.05, 0.1) is 24.8 Å². The van der Waals surface area contributed by atoms with E-state index in [1.807, 2.05) is 20.2 Å². The van der Waals surface area contributed by atoms with Gasteiger partial charge in [-0.15, -0.1) is 0 Å². The first-order valence-electron chi connectivity index (χ1n) is 6.06. The third-order valence-electron chi connectivity index (χ3n) is 2.83. The summed E-state index contributed by atoms with van der Waals surface area (Å²) in [4.78, 5) is 11.5. The highest BCUT2D eigenvalue weighted by Gasteiger charge is 2.16. The molecule has 0 bridgehead atoms. The summed E-state index contributed by atoms with van der Waals surface area (Å²) in [5, 5.41) is 7.60. The Hall–Kier alpha value is -2.24. The minimum atomic E-state index is -0.469. The summed E-state index contributed by atoms with van der Waals surface area (Å²) in [6.07, 6.45) is 4.24. The van der Waals surface area contributed by atoms with Crippen LogP contribution in [0.5, 0.6) is 0 Å². The minimum Gasteiger partial charge on any atom is -0.463 e. The van der Waals surface area contributed by atoms with E-state index < -0.39 is 5.97 Å². The van der Waals surface area contributed by atoms with Gasteiger partial charge in [-0.05, 0) is 12.5 Å². The fourth-order valence-corrected chi connectivity index (χ4v) is 1.88. The summed E-state index contributed by atoms with van der Waals surface area (Å²) < 4.78 is 11.6. The van der Waals surface area contributed by atoms with E-state index in [2.05, 4.69) is 15.2 Å². The van der Waals surface area contributed by atoms with Crippen molar-refractivity contribution in [2.75, 3.05) is 12.4 Å². The Morgan fingerprint density at radius 3 is 3.05 bits per heavy atom. The number of aryl methyl sites for hydroxylation is 2. The van der Waals surface area contributed by atoms with Gasteiger partial charge in [0, 0.05) is 25.4 Å². The molecule has 0 aliphatic rings. The fraction of sp³-hybridized carbons (Fsp3) is 0.385. The van der Waals surface area contributed by atoms with Gasteiger partial charge in [0.25, 0.3) is 0 Å². The highest BCUT2D eigenvalue weighted by molar-refractivity contribution is 5.87. The second-order valence-electron chi connectivity index (χ2n) is 4.14. The lowest BCUT2D eigenvalue weighted by molar-refractivity contribution is 0.0563. The quantitative estimate of drug-likeness (QED) is 0.835. The molecule has 2 aromatic heterocycles. The molecule has 0 saturated heterocycles. The summed E-state index contributed by atoms with van der Waals surface area (Å²) in [6.45, 7) is 2.53. The lowest BCUT2D eigenvalue weighted by atomic mass is 10.2. The van der Waals surface area contributed by atoms with Gasteiger partial charge in [0.15, 0.2) is 0 Å². The molecule has 0 aromatic carbocycles. The number of nitrogens with one attached hydrogen (secondary N) is 1. The van der Waals surface area contributed by atoms with E-state index >= 15 is 0 Å². The van der Waals surface area contributed by atoms with Gasteiger partial charge in [-0.1, -0.05) is 6.92 Å². The number of aromatic nitrogens is 2.